The van der Waals surface area contributed by atoms with Gasteiger partial charge in [0.25, 0.3) is 0 Å². The van der Waals surface area contributed by atoms with Crippen LogP contribution in [0.15, 0.2) is 122 Å². The van der Waals surface area contributed by atoms with E-state index in [1.165, 1.54) is 96.3 Å². The van der Waals surface area contributed by atoms with Crippen molar-refractivity contribution in [1.29, 1.82) is 0 Å². The Morgan fingerprint density at radius 2 is 0.662 bits per heavy atom. The zero-order valence-corrected chi connectivity index (χ0v) is 42.0. The summed E-state index contributed by atoms with van der Waals surface area (Å²) in [4.78, 5) is 24.4. The summed E-state index contributed by atoms with van der Waals surface area (Å²) in [5.41, 5.74) is 0. The topological polar surface area (TPSA) is 72.8 Å². The maximum atomic E-state index is 12.3. The van der Waals surface area contributed by atoms with Gasteiger partial charge in [0.15, 0.2) is 6.10 Å². The normalized spacial score (nSPS) is 13.2. The molecule has 0 fully saturated rings. The Kier molecular flexibility index (Phi) is 51.5. The summed E-state index contributed by atoms with van der Waals surface area (Å²) in [6, 6.07) is 0. The second-order valence-corrected chi connectivity index (χ2v) is 17.2. The second kappa shape index (κ2) is 54.6. The van der Waals surface area contributed by atoms with E-state index in [0.29, 0.717) is 12.8 Å². The molecule has 368 valence electrons. The van der Waals surface area contributed by atoms with Gasteiger partial charge >= 0.3 is 11.9 Å². The first kappa shape index (κ1) is 61.3. The van der Waals surface area contributed by atoms with Crippen molar-refractivity contribution in [2.24, 2.45) is 0 Å². The van der Waals surface area contributed by atoms with Gasteiger partial charge in [-0.25, -0.2) is 0 Å². The molecule has 65 heavy (non-hydrogen) atoms. The number of esters is 2. The number of unbranched alkanes of at least 4 members (excludes halogenated alkanes) is 19. The van der Waals surface area contributed by atoms with Crippen molar-refractivity contribution >= 4 is 11.9 Å². The highest BCUT2D eigenvalue weighted by Crippen LogP contribution is 2.15. The molecule has 0 aliphatic carbocycles. The van der Waals surface area contributed by atoms with Crippen LogP contribution in [0, 0.1) is 0 Å². The Bertz CT molecular complexity index is 1340. The number of rotatable bonds is 47. The molecule has 0 amide bonds. The van der Waals surface area contributed by atoms with Crippen LogP contribution in [-0.2, 0) is 19.1 Å². The van der Waals surface area contributed by atoms with Gasteiger partial charge in [-0.15, -0.1) is 0 Å². The van der Waals surface area contributed by atoms with Crippen molar-refractivity contribution in [2.45, 2.75) is 232 Å². The molecule has 0 aromatic rings. The molecule has 0 spiro atoms. The summed E-state index contributed by atoms with van der Waals surface area (Å²) < 4.78 is 10.6. The second-order valence-electron chi connectivity index (χ2n) is 17.2. The molecule has 0 rings (SSSR count). The van der Waals surface area contributed by atoms with Crippen LogP contribution in [0.3, 0.4) is 0 Å². The third-order valence-corrected chi connectivity index (χ3v) is 11.0. The van der Waals surface area contributed by atoms with Crippen molar-refractivity contribution in [3.63, 3.8) is 0 Å². The van der Waals surface area contributed by atoms with Crippen LogP contribution >= 0.6 is 0 Å². The standard InChI is InChI=1S/C60H98O5/c1-3-5-7-9-11-13-15-17-19-21-23-24-25-26-27-28-29-30-31-32-33-34-35-36-37-39-41-43-45-47-49-51-53-55-60(63)65-58(56-61)57-64-59(62)54-52-50-48-46-44-42-40-38-22-20-18-16-14-12-10-8-6-4-2/h5,7,11,13,17,19,23-24,26-27,29-30,32-33,35-36,39,41,45,47,58,61H,3-4,6,8-10,12,14-16,18,20-22,25,28,31,34,37-38,40,42-44,46,48-57H2,1-2H3/b7-5-,13-11-,19-17-,24-23-,27-26-,30-29-,33-32-,36-35-,41-39-,47-45-. The van der Waals surface area contributed by atoms with Gasteiger partial charge in [0, 0.05) is 12.8 Å². The van der Waals surface area contributed by atoms with Crippen LogP contribution < -0.4 is 0 Å². The average Bonchev–Trinajstić information content (AvgIpc) is 3.31. The third-order valence-electron chi connectivity index (χ3n) is 11.0. The lowest BCUT2D eigenvalue weighted by atomic mass is 10.0. The van der Waals surface area contributed by atoms with Crippen LogP contribution in [-0.4, -0.2) is 36.4 Å². The molecule has 0 aromatic heterocycles. The van der Waals surface area contributed by atoms with Crippen molar-refractivity contribution in [2.75, 3.05) is 13.2 Å². The number of hydrogen-bond acceptors (Lipinski definition) is 5. The molecule has 0 aromatic carbocycles. The molecule has 1 atom stereocenters. The van der Waals surface area contributed by atoms with Gasteiger partial charge in [0.1, 0.15) is 6.61 Å². The van der Waals surface area contributed by atoms with E-state index in [-0.39, 0.29) is 25.2 Å². The van der Waals surface area contributed by atoms with Gasteiger partial charge in [-0.3, -0.25) is 9.59 Å². The number of ether oxygens (including phenoxy) is 2. The molecule has 0 aliphatic heterocycles. The molecule has 0 aliphatic rings. The monoisotopic (exact) mass is 899 g/mol. The molecular formula is C60H98O5. The van der Waals surface area contributed by atoms with Crippen LogP contribution in [0.4, 0.5) is 0 Å². The van der Waals surface area contributed by atoms with Crippen molar-refractivity contribution in [3.8, 4) is 0 Å². The van der Waals surface area contributed by atoms with Crippen LogP contribution in [0.2, 0.25) is 0 Å². The van der Waals surface area contributed by atoms with E-state index < -0.39 is 6.10 Å². The minimum Gasteiger partial charge on any atom is -0.462 e. The fourth-order valence-corrected chi connectivity index (χ4v) is 7.05. The van der Waals surface area contributed by atoms with E-state index >= 15 is 0 Å². The Balaban J connectivity index is 3.67. The van der Waals surface area contributed by atoms with Crippen molar-refractivity contribution in [1.82, 2.24) is 0 Å². The highest BCUT2D eigenvalue weighted by molar-refractivity contribution is 5.70. The molecule has 0 radical (unpaired) electrons. The fourth-order valence-electron chi connectivity index (χ4n) is 7.05. The van der Waals surface area contributed by atoms with Crippen molar-refractivity contribution in [3.05, 3.63) is 122 Å². The van der Waals surface area contributed by atoms with Crippen LogP contribution in [0.25, 0.3) is 0 Å². The lowest BCUT2D eigenvalue weighted by Crippen LogP contribution is -2.28. The summed E-state index contributed by atoms with van der Waals surface area (Å²) in [5, 5.41) is 9.62. The molecule has 1 N–H and O–H groups in total. The summed E-state index contributed by atoms with van der Waals surface area (Å²) in [6.45, 7) is 4.00. The Labute approximate surface area is 401 Å². The van der Waals surface area contributed by atoms with E-state index in [1.54, 1.807) is 0 Å². The molecular weight excluding hydrogens is 801 g/mol. The van der Waals surface area contributed by atoms with E-state index in [1.807, 2.05) is 0 Å². The summed E-state index contributed by atoms with van der Waals surface area (Å²) in [7, 11) is 0. The number of carbonyl (C=O) groups is 2. The first-order valence-corrected chi connectivity index (χ1v) is 26.6. The number of allylic oxidation sites excluding steroid dienone is 20. The number of hydrogen-bond donors (Lipinski definition) is 1. The lowest BCUT2D eigenvalue weighted by molar-refractivity contribution is -0.161. The minimum absolute atomic E-state index is 0.0883. The number of aliphatic hydroxyl groups is 1. The maximum Gasteiger partial charge on any atom is 0.306 e. The summed E-state index contributed by atoms with van der Waals surface area (Å²) in [6.07, 6.45) is 80.1. The molecule has 0 bridgehead atoms. The van der Waals surface area contributed by atoms with Gasteiger partial charge in [-0.2, -0.15) is 0 Å². The molecule has 0 saturated heterocycles. The van der Waals surface area contributed by atoms with Gasteiger partial charge < -0.3 is 14.6 Å². The molecule has 0 heterocycles. The predicted octanol–water partition coefficient (Wildman–Crippen LogP) is 17.9. The molecule has 5 nitrogen and oxygen atoms in total. The minimum atomic E-state index is -0.802. The Morgan fingerprint density at radius 1 is 0.369 bits per heavy atom. The summed E-state index contributed by atoms with van der Waals surface area (Å²) >= 11 is 0. The summed E-state index contributed by atoms with van der Waals surface area (Å²) in [5.74, 6) is -0.644. The first-order valence-electron chi connectivity index (χ1n) is 26.6. The SMILES string of the molecule is CC/C=C\C/C=C\C/C=C\C/C=C\C/C=C\C/C=C\C/C=C\C/C=C\C/C=C\C/C=C\CCCCC(=O)OC(CO)COC(=O)CCCCCCCCCCCCCCCCCCCC. The molecule has 5 heteroatoms. The Morgan fingerprint density at radius 3 is 1.00 bits per heavy atom. The van der Waals surface area contributed by atoms with E-state index in [2.05, 4.69) is 135 Å². The van der Waals surface area contributed by atoms with Crippen LogP contribution in [0.1, 0.15) is 226 Å². The van der Waals surface area contributed by atoms with Gasteiger partial charge in [0.2, 0.25) is 0 Å². The predicted molar refractivity (Wildman–Crippen MR) is 283 cm³/mol. The van der Waals surface area contributed by atoms with Crippen LogP contribution in [0.5, 0.6) is 0 Å². The Hall–Kier alpha value is -3.70. The maximum absolute atomic E-state index is 12.3. The fraction of sp³-hybridized carbons (Fsp3) is 0.633. The average molecular weight is 899 g/mol. The smallest absolute Gasteiger partial charge is 0.306 e. The van der Waals surface area contributed by atoms with Gasteiger partial charge in [0.05, 0.1) is 6.61 Å². The zero-order chi connectivity index (χ0) is 47.0. The van der Waals surface area contributed by atoms with Gasteiger partial charge in [-0.1, -0.05) is 245 Å². The highest BCUT2D eigenvalue weighted by Gasteiger charge is 2.16. The first-order chi connectivity index (χ1) is 32.1. The third kappa shape index (κ3) is 52.8. The quantitative estimate of drug-likeness (QED) is 0.0374. The number of aliphatic hydroxyl groups excluding tert-OH is 1. The van der Waals surface area contributed by atoms with E-state index in [0.717, 1.165) is 103 Å². The zero-order valence-electron chi connectivity index (χ0n) is 42.0. The molecule has 1 unspecified atom stereocenters. The highest BCUT2D eigenvalue weighted by atomic mass is 16.6. The lowest BCUT2D eigenvalue weighted by Gasteiger charge is -2.15. The number of carbonyl (C=O) groups excluding carboxylic acids is 2. The van der Waals surface area contributed by atoms with Crippen molar-refractivity contribution < 1.29 is 24.2 Å². The largest absolute Gasteiger partial charge is 0.462 e. The molecule has 0 saturated carbocycles. The van der Waals surface area contributed by atoms with E-state index in [9.17, 15) is 14.7 Å². The van der Waals surface area contributed by atoms with E-state index in [4.69, 9.17) is 9.47 Å². The van der Waals surface area contributed by atoms with Gasteiger partial charge in [-0.05, 0) is 89.9 Å².